The number of likely N-dealkylation sites (tertiary alicyclic amines) is 1. The summed E-state index contributed by atoms with van der Waals surface area (Å²) in [5.41, 5.74) is 2.90. The first-order valence-corrected chi connectivity index (χ1v) is 12.0. The first-order chi connectivity index (χ1) is 14.3. The third kappa shape index (κ3) is 4.34. The summed E-state index contributed by atoms with van der Waals surface area (Å²) in [6.07, 6.45) is 2.80. The number of rotatable bonds is 6. The summed E-state index contributed by atoms with van der Waals surface area (Å²) < 4.78 is 27.6. The maximum atomic E-state index is 12.5. The lowest BCUT2D eigenvalue weighted by molar-refractivity contribution is -0.147. The van der Waals surface area contributed by atoms with Crippen molar-refractivity contribution in [2.24, 2.45) is 0 Å². The molecule has 0 saturated carbocycles. The van der Waals surface area contributed by atoms with E-state index >= 15 is 0 Å². The number of hydrogen-bond acceptors (Lipinski definition) is 7. The molecular formula is C20H20N4O4S2. The SMILES string of the molecule is Cc1cc(-c2nc3cccnc3s2)ccc1NS(=O)(=O)CCN1C(=O)CCCC1=O. The first kappa shape index (κ1) is 20.4. The zero-order valence-corrected chi connectivity index (χ0v) is 17.9. The van der Waals surface area contributed by atoms with Crippen LogP contribution in [0.15, 0.2) is 36.5 Å². The molecule has 2 aromatic heterocycles. The molecule has 156 valence electrons. The quantitative estimate of drug-likeness (QED) is 0.586. The first-order valence-electron chi connectivity index (χ1n) is 9.49. The minimum Gasteiger partial charge on any atom is -0.283 e. The highest BCUT2D eigenvalue weighted by Crippen LogP contribution is 2.31. The number of anilines is 1. The molecule has 1 fully saturated rings. The van der Waals surface area contributed by atoms with Gasteiger partial charge < -0.3 is 0 Å². The van der Waals surface area contributed by atoms with E-state index in [1.807, 2.05) is 25.1 Å². The number of benzene rings is 1. The smallest absolute Gasteiger partial charge is 0.234 e. The van der Waals surface area contributed by atoms with Crippen LogP contribution in [0, 0.1) is 6.92 Å². The fourth-order valence-corrected chi connectivity index (χ4v) is 5.28. The van der Waals surface area contributed by atoms with E-state index in [2.05, 4.69) is 14.7 Å². The third-order valence-corrected chi connectivity index (χ3v) is 7.15. The molecule has 30 heavy (non-hydrogen) atoms. The Morgan fingerprint density at radius 1 is 1.17 bits per heavy atom. The minimum absolute atomic E-state index is 0.136. The summed E-state index contributed by atoms with van der Waals surface area (Å²) in [4.78, 5) is 34.5. The van der Waals surface area contributed by atoms with Crippen LogP contribution in [0.4, 0.5) is 5.69 Å². The Balaban J connectivity index is 1.47. The maximum absolute atomic E-state index is 12.5. The summed E-state index contributed by atoms with van der Waals surface area (Å²) in [6.45, 7) is 1.67. The molecule has 2 amide bonds. The highest BCUT2D eigenvalue weighted by atomic mass is 32.2. The van der Waals surface area contributed by atoms with Gasteiger partial charge in [-0.3, -0.25) is 19.2 Å². The molecule has 0 bridgehead atoms. The molecule has 1 N–H and O–H groups in total. The monoisotopic (exact) mass is 444 g/mol. The molecule has 0 radical (unpaired) electrons. The summed E-state index contributed by atoms with van der Waals surface area (Å²) in [6, 6.07) is 9.10. The maximum Gasteiger partial charge on any atom is 0.234 e. The number of carbonyl (C=O) groups excluding carboxylic acids is 2. The molecule has 1 aliphatic rings. The van der Waals surface area contributed by atoms with E-state index in [4.69, 9.17) is 0 Å². The van der Waals surface area contributed by atoms with Crippen LogP contribution < -0.4 is 4.72 Å². The lowest BCUT2D eigenvalue weighted by Crippen LogP contribution is -2.43. The van der Waals surface area contributed by atoms with Gasteiger partial charge in [0, 0.05) is 31.1 Å². The number of piperidine rings is 1. The van der Waals surface area contributed by atoms with E-state index in [0.717, 1.165) is 31.4 Å². The molecule has 1 aliphatic heterocycles. The van der Waals surface area contributed by atoms with Crippen molar-refractivity contribution in [2.45, 2.75) is 26.2 Å². The van der Waals surface area contributed by atoms with Gasteiger partial charge in [0.2, 0.25) is 21.8 Å². The Morgan fingerprint density at radius 2 is 1.93 bits per heavy atom. The van der Waals surface area contributed by atoms with E-state index in [1.165, 1.54) is 11.3 Å². The Bertz CT molecular complexity index is 1190. The Kier molecular flexibility index (Phi) is 5.52. The zero-order chi connectivity index (χ0) is 21.3. The van der Waals surface area contributed by atoms with Crippen LogP contribution in [0.1, 0.15) is 24.8 Å². The van der Waals surface area contributed by atoms with Gasteiger partial charge in [0.1, 0.15) is 15.4 Å². The van der Waals surface area contributed by atoms with Crippen LogP contribution >= 0.6 is 11.3 Å². The number of carbonyl (C=O) groups is 2. The number of hydrogen-bond donors (Lipinski definition) is 1. The van der Waals surface area contributed by atoms with E-state index in [1.54, 1.807) is 18.3 Å². The van der Waals surface area contributed by atoms with Crippen LogP contribution in [-0.2, 0) is 19.6 Å². The van der Waals surface area contributed by atoms with E-state index < -0.39 is 10.0 Å². The molecule has 0 aliphatic carbocycles. The predicted octanol–water partition coefficient (Wildman–Crippen LogP) is 2.95. The van der Waals surface area contributed by atoms with Gasteiger partial charge in [-0.2, -0.15) is 0 Å². The van der Waals surface area contributed by atoms with Gasteiger partial charge in [0.15, 0.2) is 0 Å². The average Bonchev–Trinajstić information content (AvgIpc) is 3.13. The molecular weight excluding hydrogens is 424 g/mol. The van der Waals surface area contributed by atoms with Crippen molar-refractivity contribution in [1.29, 1.82) is 0 Å². The minimum atomic E-state index is -3.72. The molecule has 3 heterocycles. The number of imide groups is 1. The molecule has 1 saturated heterocycles. The normalized spacial score (nSPS) is 15.0. The summed E-state index contributed by atoms with van der Waals surface area (Å²) >= 11 is 1.47. The standard InChI is InChI=1S/C20H20N4O4S2/c1-13-12-14(19-22-16-4-3-9-21-20(16)29-19)7-8-15(13)23-30(27,28)11-10-24-17(25)5-2-6-18(24)26/h3-4,7-9,12,23H,2,5-6,10-11H2,1H3. The van der Waals surface area contributed by atoms with Crippen molar-refractivity contribution >= 4 is 49.2 Å². The van der Waals surface area contributed by atoms with Crippen molar-refractivity contribution in [3.63, 3.8) is 0 Å². The number of fused-ring (bicyclic) bond motifs is 1. The molecule has 4 rings (SSSR count). The highest BCUT2D eigenvalue weighted by molar-refractivity contribution is 7.92. The largest absolute Gasteiger partial charge is 0.283 e. The van der Waals surface area contributed by atoms with Crippen molar-refractivity contribution < 1.29 is 18.0 Å². The van der Waals surface area contributed by atoms with Crippen molar-refractivity contribution in [3.8, 4) is 10.6 Å². The topological polar surface area (TPSA) is 109 Å². The van der Waals surface area contributed by atoms with Gasteiger partial charge in [-0.15, -0.1) is 0 Å². The second-order valence-electron chi connectivity index (χ2n) is 7.09. The van der Waals surface area contributed by atoms with E-state index in [9.17, 15) is 18.0 Å². The number of amides is 2. The van der Waals surface area contributed by atoms with Gasteiger partial charge in [0.25, 0.3) is 0 Å². The Hall–Kier alpha value is -2.85. The summed E-state index contributed by atoms with van der Waals surface area (Å²) in [5, 5.41) is 0.809. The fraction of sp³-hybridized carbons (Fsp3) is 0.300. The number of nitrogens with zero attached hydrogens (tertiary/aromatic N) is 3. The second-order valence-corrected chi connectivity index (χ2v) is 9.91. The van der Waals surface area contributed by atoms with Gasteiger partial charge >= 0.3 is 0 Å². The Labute approximate surface area is 178 Å². The van der Waals surface area contributed by atoms with Crippen molar-refractivity contribution in [3.05, 3.63) is 42.1 Å². The molecule has 10 heteroatoms. The van der Waals surface area contributed by atoms with Gasteiger partial charge in [-0.1, -0.05) is 11.3 Å². The predicted molar refractivity (Wildman–Crippen MR) is 116 cm³/mol. The molecule has 0 unspecified atom stereocenters. The second kappa shape index (κ2) is 8.11. The Morgan fingerprint density at radius 3 is 2.63 bits per heavy atom. The van der Waals surface area contributed by atoms with Crippen LogP contribution in [0.5, 0.6) is 0 Å². The van der Waals surface area contributed by atoms with Gasteiger partial charge in [-0.05, 0) is 49.2 Å². The molecule has 3 aromatic rings. The fourth-order valence-electron chi connectivity index (χ4n) is 3.28. The van der Waals surface area contributed by atoms with Gasteiger partial charge in [0.05, 0.1) is 11.4 Å². The highest BCUT2D eigenvalue weighted by Gasteiger charge is 2.27. The lowest BCUT2D eigenvalue weighted by atomic mass is 10.1. The number of aromatic nitrogens is 2. The van der Waals surface area contributed by atoms with Crippen molar-refractivity contribution in [1.82, 2.24) is 14.9 Å². The van der Waals surface area contributed by atoms with Gasteiger partial charge in [-0.25, -0.2) is 18.4 Å². The molecule has 0 atom stereocenters. The lowest BCUT2D eigenvalue weighted by Gasteiger charge is -2.24. The van der Waals surface area contributed by atoms with Crippen molar-refractivity contribution in [2.75, 3.05) is 17.0 Å². The molecule has 8 nitrogen and oxygen atoms in total. The third-order valence-electron chi connectivity index (χ3n) is 4.87. The number of aryl methyl sites for hydroxylation is 1. The van der Waals surface area contributed by atoms with Crippen LogP contribution in [0.25, 0.3) is 20.9 Å². The molecule has 0 spiro atoms. The van der Waals surface area contributed by atoms with E-state index in [0.29, 0.717) is 12.1 Å². The summed E-state index contributed by atoms with van der Waals surface area (Å²) in [7, 11) is -3.72. The number of pyridine rings is 1. The molecule has 1 aromatic carbocycles. The average molecular weight is 445 g/mol. The number of sulfonamides is 1. The van der Waals surface area contributed by atoms with Crippen LogP contribution in [-0.4, -0.2) is 47.4 Å². The van der Waals surface area contributed by atoms with E-state index in [-0.39, 0.29) is 37.0 Å². The number of nitrogens with one attached hydrogen (secondary N) is 1. The van der Waals surface area contributed by atoms with Crippen LogP contribution in [0.2, 0.25) is 0 Å². The van der Waals surface area contributed by atoms with Crippen LogP contribution in [0.3, 0.4) is 0 Å². The zero-order valence-electron chi connectivity index (χ0n) is 16.3. The summed E-state index contributed by atoms with van der Waals surface area (Å²) in [5.74, 6) is -0.963. The number of thiazole rings is 1.